The summed E-state index contributed by atoms with van der Waals surface area (Å²) in [6.45, 7) is 8.03. The van der Waals surface area contributed by atoms with Crippen molar-refractivity contribution in [3.8, 4) is 0 Å². The highest BCUT2D eigenvalue weighted by Crippen LogP contribution is 2.27. The predicted molar refractivity (Wildman–Crippen MR) is 86.4 cm³/mol. The quantitative estimate of drug-likeness (QED) is 0.858. The van der Waals surface area contributed by atoms with Gasteiger partial charge in [-0.1, -0.05) is 18.6 Å². The molecule has 0 aromatic carbocycles. The van der Waals surface area contributed by atoms with E-state index in [2.05, 4.69) is 41.6 Å². The summed E-state index contributed by atoms with van der Waals surface area (Å²) in [5.41, 5.74) is 2.17. The second-order valence-corrected chi connectivity index (χ2v) is 6.50. The smallest absolute Gasteiger partial charge is 0.241 e. The third-order valence-electron chi connectivity index (χ3n) is 3.90. The molecule has 2 heterocycles. The molecule has 1 fully saturated rings. The highest BCUT2D eigenvalue weighted by molar-refractivity contribution is 7.10. The maximum absolute atomic E-state index is 12.6. The molecule has 110 valence electrons. The molecule has 1 amide bonds. The Bertz CT molecular complexity index is 473. The summed E-state index contributed by atoms with van der Waals surface area (Å²) in [5, 5.41) is 5.24. The lowest BCUT2D eigenvalue weighted by molar-refractivity contribution is -0.122. The van der Waals surface area contributed by atoms with Gasteiger partial charge in [-0.2, -0.15) is 0 Å². The maximum Gasteiger partial charge on any atom is 0.241 e. The second kappa shape index (κ2) is 7.04. The molecule has 1 aliphatic rings. The minimum Gasteiger partial charge on any atom is -0.323 e. The molecule has 0 saturated carbocycles. The Morgan fingerprint density at radius 2 is 2.30 bits per heavy atom. The number of nitrogens with one attached hydrogen (secondary N) is 1. The van der Waals surface area contributed by atoms with Crippen LogP contribution in [0, 0.1) is 13.8 Å². The van der Waals surface area contributed by atoms with Gasteiger partial charge in [-0.25, -0.2) is 0 Å². The zero-order chi connectivity index (χ0) is 14.5. The van der Waals surface area contributed by atoms with Crippen molar-refractivity contribution < 1.29 is 4.79 Å². The molecule has 0 aliphatic carbocycles. The van der Waals surface area contributed by atoms with Gasteiger partial charge in [0.15, 0.2) is 0 Å². The molecule has 0 spiro atoms. The Morgan fingerprint density at radius 1 is 1.50 bits per heavy atom. The molecule has 2 rings (SSSR count). The van der Waals surface area contributed by atoms with Crippen molar-refractivity contribution in [3.05, 3.63) is 28.0 Å². The van der Waals surface area contributed by atoms with Crippen LogP contribution >= 0.6 is 11.3 Å². The van der Waals surface area contributed by atoms with Gasteiger partial charge in [-0.3, -0.25) is 9.69 Å². The summed E-state index contributed by atoms with van der Waals surface area (Å²) in [6, 6.07) is 0.0126. The summed E-state index contributed by atoms with van der Waals surface area (Å²) in [4.78, 5) is 16.0. The number of aryl methyl sites for hydroxylation is 2. The number of carbonyl (C=O) groups excluding carboxylic acids is 1. The van der Waals surface area contributed by atoms with E-state index in [-0.39, 0.29) is 11.9 Å². The number of hydrogen-bond acceptors (Lipinski definition) is 3. The van der Waals surface area contributed by atoms with Crippen LogP contribution in [0.3, 0.4) is 0 Å². The number of anilines is 1. The summed E-state index contributed by atoms with van der Waals surface area (Å²) in [6.07, 6.45) is 7.49. The predicted octanol–water partition coefficient (Wildman–Crippen LogP) is 3.73. The lowest BCUT2D eigenvalue weighted by atomic mass is 10.0. The molecule has 3 nitrogen and oxygen atoms in total. The lowest BCUT2D eigenvalue weighted by Gasteiger charge is -2.33. The van der Waals surface area contributed by atoms with E-state index in [1.54, 1.807) is 11.3 Å². The number of rotatable bonds is 4. The molecule has 1 saturated heterocycles. The highest BCUT2D eigenvalue weighted by atomic mass is 32.1. The lowest BCUT2D eigenvalue weighted by Crippen LogP contribution is -2.47. The van der Waals surface area contributed by atoms with Crippen LogP contribution < -0.4 is 5.32 Å². The fourth-order valence-corrected chi connectivity index (χ4v) is 3.51. The van der Waals surface area contributed by atoms with Crippen LogP contribution in [0.1, 0.15) is 36.6 Å². The minimum absolute atomic E-state index is 0.0126. The third-order valence-corrected chi connectivity index (χ3v) is 4.93. The summed E-state index contributed by atoms with van der Waals surface area (Å²) in [5.74, 6) is 0.152. The fraction of sp³-hybridized carbons (Fsp3) is 0.562. The summed E-state index contributed by atoms with van der Waals surface area (Å²) in [7, 11) is 0. The SMILES string of the molecule is CC=CCN1CCCC[C@H]1C(=O)Nc1c(C)csc1C. The molecule has 1 aromatic heterocycles. The van der Waals surface area contributed by atoms with Crippen molar-refractivity contribution in [2.45, 2.75) is 46.1 Å². The van der Waals surface area contributed by atoms with Crippen molar-refractivity contribution in [1.82, 2.24) is 4.90 Å². The van der Waals surface area contributed by atoms with E-state index in [1.807, 2.05) is 6.92 Å². The first-order valence-corrected chi connectivity index (χ1v) is 8.22. The second-order valence-electron chi connectivity index (χ2n) is 5.41. The van der Waals surface area contributed by atoms with Gasteiger partial charge in [0, 0.05) is 11.4 Å². The van der Waals surface area contributed by atoms with Crippen LogP contribution in [0.15, 0.2) is 17.5 Å². The molecule has 20 heavy (non-hydrogen) atoms. The Morgan fingerprint density at radius 3 is 2.95 bits per heavy atom. The maximum atomic E-state index is 12.6. The van der Waals surface area contributed by atoms with Gasteiger partial charge < -0.3 is 5.32 Å². The van der Waals surface area contributed by atoms with Gasteiger partial charge in [-0.15, -0.1) is 11.3 Å². The van der Waals surface area contributed by atoms with Crippen LogP contribution in [0.5, 0.6) is 0 Å². The monoisotopic (exact) mass is 292 g/mol. The Hall–Kier alpha value is -1.13. The molecule has 1 aliphatic heterocycles. The van der Waals surface area contributed by atoms with Crippen LogP contribution in [0.2, 0.25) is 0 Å². The van der Waals surface area contributed by atoms with E-state index in [9.17, 15) is 4.79 Å². The van der Waals surface area contributed by atoms with Gasteiger partial charge in [-0.05, 0) is 51.1 Å². The van der Waals surface area contributed by atoms with Gasteiger partial charge >= 0.3 is 0 Å². The average Bonchev–Trinajstić information content (AvgIpc) is 2.77. The number of amides is 1. The van der Waals surface area contributed by atoms with Crippen LogP contribution in [-0.4, -0.2) is 29.9 Å². The van der Waals surface area contributed by atoms with Crippen molar-refractivity contribution in [2.24, 2.45) is 0 Å². The van der Waals surface area contributed by atoms with E-state index in [1.165, 1.54) is 11.3 Å². The van der Waals surface area contributed by atoms with E-state index in [4.69, 9.17) is 0 Å². The zero-order valence-electron chi connectivity index (χ0n) is 12.6. The number of carbonyl (C=O) groups is 1. The van der Waals surface area contributed by atoms with E-state index >= 15 is 0 Å². The molecule has 1 aromatic rings. The highest BCUT2D eigenvalue weighted by Gasteiger charge is 2.28. The first-order chi connectivity index (χ1) is 9.63. The fourth-order valence-electron chi connectivity index (χ4n) is 2.71. The van der Waals surface area contributed by atoms with Gasteiger partial charge in [0.05, 0.1) is 11.7 Å². The molecular formula is C16H24N2OS. The van der Waals surface area contributed by atoms with Gasteiger partial charge in [0.1, 0.15) is 0 Å². The van der Waals surface area contributed by atoms with Crippen molar-refractivity contribution in [1.29, 1.82) is 0 Å². The molecular weight excluding hydrogens is 268 g/mol. The first-order valence-electron chi connectivity index (χ1n) is 7.34. The number of likely N-dealkylation sites (tertiary alicyclic amines) is 1. The normalized spacial score (nSPS) is 20.4. The number of piperidine rings is 1. The van der Waals surface area contributed by atoms with Crippen LogP contribution in [-0.2, 0) is 4.79 Å². The zero-order valence-corrected chi connectivity index (χ0v) is 13.4. The molecule has 1 N–H and O–H groups in total. The van der Waals surface area contributed by atoms with E-state index in [0.29, 0.717) is 0 Å². The number of nitrogens with zero attached hydrogens (tertiary/aromatic N) is 1. The molecule has 4 heteroatoms. The van der Waals surface area contributed by atoms with E-state index < -0.39 is 0 Å². The Kier molecular flexibility index (Phi) is 5.38. The Labute approximate surface area is 125 Å². The molecule has 0 radical (unpaired) electrons. The van der Waals surface area contributed by atoms with Crippen LogP contribution in [0.25, 0.3) is 0 Å². The van der Waals surface area contributed by atoms with Crippen LogP contribution in [0.4, 0.5) is 5.69 Å². The summed E-state index contributed by atoms with van der Waals surface area (Å²) >= 11 is 1.69. The van der Waals surface area contributed by atoms with Crippen molar-refractivity contribution in [3.63, 3.8) is 0 Å². The average molecular weight is 292 g/mol. The number of allylic oxidation sites excluding steroid dienone is 1. The van der Waals surface area contributed by atoms with Gasteiger partial charge in [0.2, 0.25) is 5.91 Å². The standard InChI is InChI=1S/C16H24N2OS/c1-4-5-9-18-10-7-6-8-14(18)16(19)17-15-12(2)11-20-13(15)3/h4-5,11,14H,6-10H2,1-3H3,(H,17,19)/t14-/m0/s1. The topological polar surface area (TPSA) is 32.3 Å². The molecule has 0 bridgehead atoms. The third kappa shape index (κ3) is 3.49. The number of thiophene rings is 1. The largest absolute Gasteiger partial charge is 0.323 e. The van der Waals surface area contributed by atoms with Crippen molar-refractivity contribution >= 4 is 22.9 Å². The Balaban J connectivity index is 2.06. The minimum atomic E-state index is 0.0126. The van der Waals surface area contributed by atoms with Gasteiger partial charge in [0.25, 0.3) is 0 Å². The first kappa shape index (κ1) is 15.3. The number of hydrogen-bond donors (Lipinski definition) is 1. The summed E-state index contributed by atoms with van der Waals surface area (Å²) < 4.78 is 0. The van der Waals surface area contributed by atoms with E-state index in [0.717, 1.165) is 37.2 Å². The van der Waals surface area contributed by atoms with Crippen molar-refractivity contribution in [2.75, 3.05) is 18.4 Å². The molecule has 0 unspecified atom stereocenters. The molecule has 1 atom stereocenters.